The molecule has 1 atom stereocenters. The average molecular weight is 356 g/mol. The summed E-state index contributed by atoms with van der Waals surface area (Å²) in [6, 6.07) is 3.79. The molecule has 1 aromatic heterocycles. The van der Waals surface area contributed by atoms with E-state index in [2.05, 4.69) is 17.1 Å². The van der Waals surface area contributed by atoms with Gasteiger partial charge in [0.15, 0.2) is 0 Å². The van der Waals surface area contributed by atoms with Gasteiger partial charge in [0.25, 0.3) is 0 Å². The van der Waals surface area contributed by atoms with Gasteiger partial charge in [-0.2, -0.15) is 0 Å². The van der Waals surface area contributed by atoms with E-state index in [0.717, 1.165) is 63.9 Å². The number of piperidine rings is 2. The third-order valence-corrected chi connectivity index (χ3v) is 6.43. The summed E-state index contributed by atoms with van der Waals surface area (Å²) in [5.74, 6) is 1.58. The highest BCUT2D eigenvalue weighted by atomic mass is 16.3. The van der Waals surface area contributed by atoms with E-state index in [-0.39, 0.29) is 17.2 Å². The molecule has 5 nitrogen and oxygen atoms in total. The number of furan rings is 1. The Kier molecular flexibility index (Phi) is 4.88. The average Bonchev–Trinajstić information content (AvgIpc) is 3.19. The van der Waals surface area contributed by atoms with Gasteiger partial charge < -0.3 is 14.2 Å². The Labute approximate surface area is 155 Å². The van der Waals surface area contributed by atoms with Crippen molar-refractivity contribution in [3.63, 3.8) is 0 Å². The number of amides is 2. The van der Waals surface area contributed by atoms with Gasteiger partial charge in [-0.15, -0.1) is 0 Å². The maximum atomic E-state index is 12.8. The van der Waals surface area contributed by atoms with Crippen molar-refractivity contribution >= 4 is 11.8 Å². The maximum Gasteiger partial charge on any atom is 0.226 e. The Morgan fingerprint density at radius 3 is 2.77 bits per heavy atom. The lowest BCUT2D eigenvalue weighted by atomic mass is 9.72. The highest BCUT2D eigenvalue weighted by Gasteiger charge is 2.42. The summed E-state index contributed by atoms with van der Waals surface area (Å²) in [6.45, 7) is 3.02. The molecule has 0 N–H and O–H groups in total. The van der Waals surface area contributed by atoms with Crippen LogP contribution in [-0.4, -0.2) is 41.2 Å². The molecule has 2 amide bonds. The number of carbonyl (C=O) groups is 2. The number of nitrogens with zero attached hydrogens (tertiary/aromatic N) is 2. The van der Waals surface area contributed by atoms with Gasteiger partial charge in [-0.1, -0.05) is 12.2 Å². The molecular weight excluding hydrogens is 328 g/mol. The largest absolute Gasteiger partial charge is 0.467 e. The van der Waals surface area contributed by atoms with Crippen LogP contribution in [0.3, 0.4) is 0 Å². The lowest BCUT2D eigenvalue weighted by Gasteiger charge is -2.47. The van der Waals surface area contributed by atoms with Gasteiger partial charge in [-0.05, 0) is 56.1 Å². The molecule has 2 fully saturated rings. The second-order valence-electron chi connectivity index (χ2n) is 8.14. The van der Waals surface area contributed by atoms with Crippen LogP contribution in [-0.2, 0) is 16.1 Å². The third-order valence-electron chi connectivity index (χ3n) is 6.43. The molecule has 3 aliphatic rings. The molecule has 0 aromatic carbocycles. The van der Waals surface area contributed by atoms with Gasteiger partial charge in [0.2, 0.25) is 11.8 Å². The highest BCUT2D eigenvalue weighted by Crippen LogP contribution is 2.41. The molecule has 3 heterocycles. The van der Waals surface area contributed by atoms with E-state index >= 15 is 0 Å². The lowest BCUT2D eigenvalue weighted by molar-refractivity contribution is -0.145. The van der Waals surface area contributed by atoms with Crippen molar-refractivity contribution in [3.8, 4) is 0 Å². The van der Waals surface area contributed by atoms with Crippen molar-refractivity contribution < 1.29 is 14.0 Å². The summed E-state index contributed by atoms with van der Waals surface area (Å²) in [6.07, 6.45) is 12.5. The van der Waals surface area contributed by atoms with Crippen LogP contribution in [0.4, 0.5) is 0 Å². The monoisotopic (exact) mass is 356 g/mol. The predicted molar refractivity (Wildman–Crippen MR) is 98.1 cm³/mol. The minimum Gasteiger partial charge on any atom is -0.467 e. The molecular formula is C21H28N2O3. The zero-order valence-corrected chi connectivity index (χ0v) is 15.4. The van der Waals surface area contributed by atoms with Crippen molar-refractivity contribution in [2.75, 3.05) is 19.6 Å². The van der Waals surface area contributed by atoms with Gasteiger partial charge in [-0.3, -0.25) is 9.59 Å². The van der Waals surface area contributed by atoms with Crippen molar-refractivity contribution in [2.24, 2.45) is 11.3 Å². The van der Waals surface area contributed by atoms with Gasteiger partial charge >= 0.3 is 0 Å². The van der Waals surface area contributed by atoms with E-state index < -0.39 is 0 Å². The van der Waals surface area contributed by atoms with Crippen LogP contribution >= 0.6 is 0 Å². The van der Waals surface area contributed by atoms with Crippen LogP contribution in [0.5, 0.6) is 0 Å². The fraction of sp³-hybridized carbons (Fsp3) is 0.619. The van der Waals surface area contributed by atoms with Crippen molar-refractivity contribution in [1.82, 2.24) is 9.80 Å². The fourth-order valence-electron chi connectivity index (χ4n) is 4.72. The van der Waals surface area contributed by atoms with E-state index in [1.54, 1.807) is 6.26 Å². The zero-order valence-electron chi connectivity index (χ0n) is 15.4. The SMILES string of the molecule is O=C1CCC2(CCN(C(=O)[C@H]3CC=CCC3)CC2)CN1Cc1ccco1. The second kappa shape index (κ2) is 7.29. The molecule has 0 radical (unpaired) electrons. The smallest absolute Gasteiger partial charge is 0.226 e. The van der Waals surface area contributed by atoms with Crippen LogP contribution < -0.4 is 0 Å². The first-order valence-electron chi connectivity index (χ1n) is 9.89. The Morgan fingerprint density at radius 2 is 2.08 bits per heavy atom. The molecule has 1 aliphatic carbocycles. The summed E-state index contributed by atoms with van der Waals surface area (Å²) in [7, 11) is 0. The number of likely N-dealkylation sites (tertiary alicyclic amines) is 2. The minimum atomic E-state index is 0.170. The molecule has 4 rings (SSSR count). The first-order chi connectivity index (χ1) is 12.7. The van der Waals surface area contributed by atoms with Gasteiger partial charge in [0.05, 0.1) is 12.8 Å². The van der Waals surface area contributed by atoms with Gasteiger partial charge in [-0.25, -0.2) is 0 Å². The number of hydrogen-bond acceptors (Lipinski definition) is 3. The summed E-state index contributed by atoms with van der Waals surface area (Å²) < 4.78 is 5.42. The molecule has 5 heteroatoms. The number of rotatable bonds is 3. The Hall–Kier alpha value is -2.04. The molecule has 1 aromatic rings. The van der Waals surface area contributed by atoms with Crippen LogP contribution in [0, 0.1) is 11.3 Å². The van der Waals surface area contributed by atoms with Crippen LogP contribution in [0.2, 0.25) is 0 Å². The molecule has 0 bridgehead atoms. The van der Waals surface area contributed by atoms with E-state index in [1.165, 1.54) is 0 Å². The van der Waals surface area contributed by atoms with Crippen molar-refractivity contribution in [1.29, 1.82) is 0 Å². The summed E-state index contributed by atoms with van der Waals surface area (Å²) in [5.41, 5.74) is 0.170. The standard InChI is InChI=1S/C21H28N2O3/c24-19-8-9-21(16-23(19)15-18-7-4-14-26-18)10-12-22(13-11-21)20(25)17-5-2-1-3-6-17/h1-2,4,7,14,17H,3,5-6,8-13,15-16H2/t17-/m0/s1. The van der Waals surface area contributed by atoms with Crippen LogP contribution in [0.1, 0.15) is 50.7 Å². The topological polar surface area (TPSA) is 53.8 Å². The van der Waals surface area contributed by atoms with Crippen molar-refractivity contribution in [2.45, 2.75) is 51.5 Å². The van der Waals surface area contributed by atoms with Gasteiger partial charge in [0.1, 0.15) is 5.76 Å². The quantitative estimate of drug-likeness (QED) is 0.780. The highest BCUT2D eigenvalue weighted by molar-refractivity contribution is 5.79. The molecule has 0 unspecified atom stereocenters. The molecule has 26 heavy (non-hydrogen) atoms. The third kappa shape index (κ3) is 3.57. The summed E-state index contributed by atoms with van der Waals surface area (Å²) in [4.78, 5) is 29.1. The zero-order chi connectivity index (χ0) is 18.0. The minimum absolute atomic E-state index is 0.170. The Bertz CT molecular complexity index is 671. The number of hydrogen-bond donors (Lipinski definition) is 0. The molecule has 0 saturated carbocycles. The molecule has 140 valence electrons. The molecule has 2 saturated heterocycles. The van der Waals surface area contributed by atoms with E-state index in [0.29, 0.717) is 18.9 Å². The Balaban J connectivity index is 1.35. The normalized spacial score (nSPS) is 25.7. The van der Waals surface area contributed by atoms with Crippen LogP contribution in [0.15, 0.2) is 35.0 Å². The Morgan fingerprint density at radius 1 is 1.23 bits per heavy atom. The van der Waals surface area contributed by atoms with Gasteiger partial charge in [0, 0.05) is 32.0 Å². The number of allylic oxidation sites excluding steroid dienone is 2. The number of carbonyl (C=O) groups excluding carboxylic acids is 2. The lowest BCUT2D eigenvalue weighted by Crippen LogP contribution is -2.52. The van der Waals surface area contributed by atoms with Crippen LogP contribution in [0.25, 0.3) is 0 Å². The van der Waals surface area contributed by atoms with E-state index in [9.17, 15) is 9.59 Å². The molecule has 1 spiro atoms. The fourth-order valence-corrected chi connectivity index (χ4v) is 4.72. The maximum absolute atomic E-state index is 12.8. The van der Waals surface area contributed by atoms with Crippen molar-refractivity contribution in [3.05, 3.63) is 36.3 Å². The first kappa shape index (κ1) is 17.4. The van der Waals surface area contributed by atoms with E-state index in [4.69, 9.17) is 4.42 Å². The first-order valence-corrected chi connectivity index (χ1v) is 9.89. The van der Waals surface area contributed by atoms with E-state index in [1.807, 2.05) is 17.0 Å². The second-order valence-corrected chi connectivity index (χ2v) is 8.14. The molecule has 2 aliphatic heterocycles. The summed E-state index contributed by atoms with van der Waals surface area (Å²) in [5, 5.41) is 0. The summed E-state index contributed by atoms with van der Waals surface area (Å²) >= 11 is 0. The predicted octanol–water partition coefficient (Wildman–Crippen LogP) is 3.37.